The minimum Gasteiger partial charge on any atom is -0.463 e. The zero-order chi connectivity index (χ0) is 9.14. The maximum absolute atomic E-state index is 10.9. The smallest absolute Gasteiger partial charge is 0.377 e. The van der Waals surface area contributed by atoms with E-state index in [1.807, 2.05) is 0 Å². The molecule has 1 heterocycles. The molecule has 0 N–H and O–H groups in total. The lowest BCUT2D eigenvalue weighted by atomic mass is 10.4. The molecule has 0 amide bonds. The molecule has 12 heavy (non-hydrogen) atoms. The standard InChI is InChI=1S/C7H9N3O2/c1-4-5(2)9-10-6(8-4)7(11)12-3/h1-3H3. The van der Waals surface area contributed by atoms with Crippen LogP contribution >= 0.6 is 0 Å². The fourth-order valence-corrected chi connectivity index (χ4v) is 0.635. The first-order chi connectivity index (χ1) is 5.65. The van der Waals surface area contributed by atoms with E-state index in [4.69, 9.17) is 0 Å². The van der Waals surface area contributed by atoms with Crippen LogP contribution in [0.2, 0.25) is 0 Å². The van der Waals surface area contributed by atoms with Crippen LogP contribution in [-0.4, -0.2) is 28.3 Å². The third-order valence-corrected chi connectivity index (χ3v) is 1.46. The van der Waals surface area contributed by atoms with Crippen molar-refractivity contribution in [2.24, 2.45) is 0 Å². The number of carbonyl (C=O) groups excluding carboxylic acids is 1. The van der Waals surface area contributed by atoms with Crippen molar-refractivity contribution < 1.29 is 9.53 Å². The zero-order valence-electron chi connectivity index (χ0n) is 7.16. The summed E-state index contributed by atoms with van der Waals surface area (Å²) in [6.45, 7) is 3.53. The topological polar surface area (TPSA) is 65.0 Å². The highest BCUT2D eigenvalue weighted by Gasteiger charge is 2.10. The number of nitrogens with zero attached hydrogens (tertiary/aromatic N) is 3. The number of methoxy groups -OCH3 is 1. The molecular weight excluding hydrogens is 158 g/mol. The molecule has 0 unspecified atom stereocenters. The minimum absolute atomic E-state index is 0.000556. The van der Waals surface area contributed by atoms with Gasteiger partial charge < -0.3 is 4.74 Å². The summed E-state index contributed by atoms with van der Waals surface area (Å²) >= 11 is 0. The van der Waals surface area contributed by atoms with Crippen LogP contribution in [0.4, 0.5) is 0 Å². The van der Waals surface area contributed by atoms with Crippen LogP contribution < -0.4 is 0 Å². The molecule has 0 atom stereocenters. The Bertz CT molecular complexity index is 312. The van der Waals surface area contributed by atoms with Gasteiger partial charge in [0, 0.05) is 0 Å². The summed E-state index contributed by atoms with van der Waals surface area (Å²) in [5.41, 5.74) is 1.40. The summed E-state index contributed by atoms with van der Waals surface area (Å²) in [6, 6.07) is 0. The number of hydrogen-bond donors (Lipinski definition) is 0. The second-order valence-corrected chi connectivity index (χ2v) is 2.30. The Balaban J connectivity index is 3.05. The first kappa shape index (κ1) is 8.58. The van der Waals surface area contributed by atoms with Gasteiger partial charge in [0.25, 0.3) is 5.82 Å². The van der Waals surface area contributed by atoms with E-state index in [-0.39, 0.29) is 5.82 Å². The third kappa shape index (κ3) is 1.55. The Hall–Kier alpha value is -1.52. The first-order valence-electron chi connectivity index (χ1n) is 3.41. The maximum Gasteiger partial charge on any atom is 0.377 e. The minimum atomic E-state index is -0.564. The number of esters is 1. The van der Waals surface area contributed by atoms with Gasteiger partial charge in [-0.3, -0.25) is 0 Å². The van der Waals surface area contributed by atoms with Crippen molar-refractivity contribution in [2.75, 3.05) is 7.11 Å². The average molecular weight is 167 g/mol. The SMILES string of the molecule is COC(=O)c1nnc(C)c(C)n1. The maximum atomic E-state index is 10.9. The molecule has 0 saturated carbocycles. The Morgan fingerprint density at radius 2 is 1.92 bits per heavy atom. The molecule has 0 spiro atoms. The van der Waals surface area contributed by atoms with Gasteiger partial charge in [-0.1, -0.05) is 0 Å². The van der Waals surface area contributed by atoms with Gasteiger partial charge >= 0.3 is 5.97 Å². The summed E-state index contributed by atoms with van der Waals surface area (Å²) in [6.07, 6.45) is 0. The highest BCUT2D eigenvalue weighted by molar-refractivity contribution is 5.84. The van der Waals surface area contributed by atoms with Crippen molar-refractivity contribution in [3.8, 4) is 0 Å². The van der Waals surface area contributed by atoms with Gasteiger partial charge in [0.2, 0.25) is 0 Å². The van der Waals surface area contributed by atoms with Gasteiger partial charge in [-0.05, 0) is 13.8 Å². The van der Waals surface area contributed by atoms with Crippen molar-refractivity contribution in [2.45, 2.75) is 13.8 Å². The predicted octanol–water partition coefficient (Wildman–Crippen LogP) is 0.275. The number of aryl methyl sites for hydroxylation is 2. The first-order valence-corrected chi connectivity index (χ1v) is 3.41. The van der Waals surface area contributed by atoms with Gasteiger partial charge in [0.15, 0.2) is 0 Å². The van der Waals surface area contributed by atoms with Crippen LogP contribution in [0.25, 0.3) is 0 Å². The van der Waals surface area contributed by atoms with Gasteiger partial charge in [0.05, 0.1) is 18.5 Å². The number of hydrogen-bond acceptors (Lipinski definition) is 5. The molecular formula is C7H9N3O2. The van der Waals surface area contributed by atoms with Crippen molar-refractivity contribution in [1.29, 1.82) is 0 Å². The molecule has 0 bridgehead atoms. The molecule has 0 aromatic carbocycles. The van der Waals surface area contributed by atoms with Crippen LogP contribution in [0.5, 0.6) is 0 Å². The molecule has 0 aliphatic carbocycles. The molecule has 1 rings (SSSR count). The Morgan fingerprint density at radius 1 is 1.25 bits per heavy atom. The second-order valence-electron chi connectivity index (χ2n) is 2.30. The average Bonchev–Trinajstić information content (AvgIpc) is 2.08. The predicted molar refractivity (Wildman–Crippen MR) is 40.6 cm³/mol. The van der Waals surface area contributed by atoms with Crippen LogP contribution in [0, 0.1) is 13.8 Å². The number of rotatable bonds is 1. The molecule has 5 heteroatoms. The third-order valence-electron chi connectivity index (χ3n) is 1.46. The van der Waals surface area contributed by atoms with Crippen LogP contribution in [0.15, 0.2) is 0 Å². The van der Waals surface area contributed by atoms with E-state index in [1.165, 1.54) is 7.11 Å². The second kappa shape index (κ2) is 3.25. The Morgan fingerprint density at radius 3 is 2.42 bits per heavy atom. The Labute approximate surface area is 69.8 Å². The van der Waals surface area contributed by atoms with Gasteiger partial charge in [0.1, 0.15) is 0 Å². The molecule has 1 aromatic heterocycles. The summed E-state index contributed by atoms with van der Waals surface area (Å²) in [5, 5.41) is 7.31. The molecule has 0 aliphatic rings. The monoisotopic (exact) mass is 167 g/mol. The number of carbonyl (C=O) groups is 1. The highest BCUT2D eigenvalue weighted by atomic mass is 16.5. The van der Waals surface area contributed by atoms with Crippen molar-refractivity contribution in [3.63, 3.8) is 0 Å². The molecule has 0 saturated heterocycles. The normalized spacial score (nSPS) is 9.58. The van der Waals surface area contributed by atoms with Gasteiger partial charge in [-0.25, -0.2) is 9.78 Å². The fourth-order valence-electron chi connectivity index (χ4n) is 0.635. The van der Waals surface area contributed by atoms with E-state index in [0.717, 1.165) is 0 Å². The number of ether oxygens (including phenoxy) is 1. The quantitative estimate of drug-likeness (QED) is 0.562. The molecule has 64 valence electrons. The van der Waals surface area contributed by atoms with Gasteiger partial charge in [-0.2, -0.15) is 5.10 Å². The van der Waals surface area contributed by atoms with Crippen LogP contribution in [0.1, 0.15) is 22.0 Å². The summed E-state index contributed by atoms with van der Waals surface area (Å²) in [4.78, 5) is 14.8. The van der Waals surface area contributed by atoms with Crippen LogP contribution in [0.3, 0.4) is 0 Å². The molecule has 1 aromatic rings. The van der Waals surface area contributed by atoms with E-state index >= 15 is 0 Å². The van der Waals surface area contributed by atoms with E-state index in [1.54, 1.807) is 13.8 Å². The molecule has 5 nitrogen and oxygen atoms in total. The van der Waals surface area contributed by atoms with E-state index in [2.05, 4.69) is 19.9 Å². The summed E-state index contributed by atoms with van der Waals surface area (Å²) < 4.78 is 4.43. The summed E-state index contributed by atoms with van der Waals surface area (Å²) in [5.74, 6) is -0.564. The zero-order valence-corrected chi connectivity index (χ0v) is 7.16. The van der Waals surface area contributed by atoms with Crippen LogP contribution in [-0.2, 0) is 4.74 Å². The highest BCUT2D eigenvalue weighted by Crippen LogP contribution is 1.98. The molecule has 0 aliphatic heterocycles. The lowest BCUT2D eigenvalue weighted by Gasteiger charge is -1.98. The van der Waals surface area contributed by atoms with Crippen molar-refractivity contribution in [3.05, 3.63) is 17.2 Å². The van der Waals surface area contributed by atoms with Crippen molar-refractivity contribution in [1.82, 2.24) is 15.2 Å². The van der Waals surface area contributed by atoms with Gasteiger partial charge in [-0.15, -0.1) is 5.10 Å². The lowest BCUT2D eigenvalue weighted by molar-refractivity contribution is 0.0584. The molecule has 0 fully saturated rings. The molecule has 0 radical (unpaired) electrons. The van der Waals surface area contributed by atoms with E-state index in [9.17, 15) is 4.79 Å². The largest absolute Gasteiger partial charge is 0.463 e. The van der Waals surface area contributed by atoms with E-state index < -0.39 is 5.97 Å². The Kier molecular flexibility index (Phi) is 2.32. The lowest BCUT2D eigenvalue weighted by Crippen LogP contribution is -2.10. The van der Waals surface area contributed by atoms with Crippen molar-refractivity contribution >= 4 is 5.97 Å². The van der Waals surface area contributed by atoms with E-state index in [0.29, 0.717) is 11.4 Å². The number of aromatic nitrogens is 3. The fraction of sp³-hybridized carbons (Fsp3) is 0.429. The summed E-state index contributed by atoms with van der Waals surface area (Å²) in [7, 11) is 1.28.